The van der Waals surface area contributed by atoms with Crippen LogP contribution in [-0.2, 0) is 17.4 Å². The number of pyridine rings is 1. The average Bonchev–Trinajstić information content (AvgIpc) is 2.72. The minimum absolute atomic E-state index is 0.0539. The lowest BCUT2D eigenvalue weighted by Crippen LogP contribution is -2.30. The first-order valence-corrected chi connectivity index (χ1v) is 10.2. The van der Waals surface area contributed by atoms with E-state index in [1.807, 2.05) is 24.3 Å². The number of halogens is 3. The van der Waals surface area contributed by atoms with E-state index in [0.29, 0.717) is 17.7 Å². The number of carbonyl (C=O) groups excluding carboxylic acids is 1. The van der Waals surface area contributed by atoms with Gasteiger partial charge in [-0.3, -0.25) is 4.79 Å². The second kappa shape index (κ2) is 8.96. The van der Waals surface area contributed by atoms with Crippen molar-refractivity contribution in [3.8, 4) is 0 Å². The van der Waals surface area contributed by atoms with Crippen LogP contribution in [0, 0.1) is 0 Å². The fourth-order valence-corrected chi connectivity index (χ4v) is 3.05. The number of alkyl halides is 3. The van der Waals surface area contributed by atoms with Gasteiger partial charge in [0.2, 0.25) is 5.91 Å². The van der Waals surface area contributed by atoms with E-state index in [4.69, 9.17) is 0 Å². The summed E-state index contributed by atoms with van der Waals surface area (Å²) in [7, 11) is 0. The minimum Gasteiger partial charge on any atom is -0.365 e. The van der Waals surface area contributed by atoms with E-state index in [-0.39, 0.29) is 17.9 Å². The van der Waals surface area contributed by atoms with Gasteiger partial charge >= 0.3 is 6.18 Å². The van der Waals surface area contributed by atoms with Crippen LogP contribution in [0.25, 0.3) is 10.9 Å². The third kappa shape index (κ3) is 6.20. The molecule has 0 saturated carbocycles. The van der Waals surface area contributed by atoms with Crippen molar-refractivity contribution < 1.29 is 18.0 Å². The van der Waals surface area contributed by atoms with Gasteiger partial charge in [0.25, 0.3) is 0 Å². The SMILES string of the molecule is CCC(C)(C)Nc1ccc2cc(NC(=O)CCc3ccc(C(F)(F)F)cc3)ccc2n1. The van der Waals surface area contributed by atoms with Crippen molar-refractivity contribution in [3.05, 3.63) is 65.7 Å². The summed E-state index contributed by atoms with van der Waals surface area (Å²) in [6, 6.07) is 14.2. The maximum absolute atomic E-state index is 12.6. The highest BCUT2D eigenvalue weighted by Gasteiger charge is 2.29. The molecule has 7 heteroatoms. The Labute approximate surface area is 179 Å². The van der Waals surface area contributed by atoms with Gasteiger partial charge in [0, 0.05) is 23.0 Å². The Hall–Kier alpha value is -3.09. The van der Waals surface area contributed by atoms with Gasteiger partial charge in [0.15, 0.2) is 0 Å². The number of hydrogen-bond acceptors (Lipinski definition) is 3. The van der Waals surface area contributed by atoms with Crippen molar-refractivity contribution in [2.75, 3.05) is 10.6 Å². The Bertz CT molecular complexity index is 1060. The molecule has 0 saturated heterocycles. The van der Waals surface area contributed by atoms with E-state index in [9.17, 15) is 18.0 Å². The summed E-state index contributed by atoms with van der Waals surface area (Å²) in [6.45, 7) is 6.34. The molecule has 31 heavy (non-hydrogen) atoms. The van der Waals surface area contributed by atoms with E-state index in [0.717, 1.165) is 35.3 Å². The molecule has 0 aliphatic carbocycles. The van der Waals surface area contributed by atoms with E-state index in [1.165, 1.54) is 12.1 Å². The molecule has 0 atom stereocenters. The number of anilines is 2. The number of nitrogens with one attached hydrogen (secondary N) is 2. The fourth-order valence-electron chi connectivity index (χ4n) is 3.05. The Morgan fingerprint density at radius 3 is 2.35 bits per heavy atom. The van der Waals surface area contributed by atoms with E-state index in [1.54, 1.807) is 6.07 Å². The highest BCUT2D eigenvalue weighted by molar-refractivity contribution is 5.94. The van der Waals surface area contributed by atoms with Gasteiger partial charge in [-0.15, -0.1) is 0 Å². The quantitative estimate of drug-likeness (QED) is 0.455. The number of aromatic nitrogens is 1. The molecule has 1 aromatic heterocycles. The molecule has 1 amide bonds. The van der Waals surface area contributed by atoms with Gasteiger partial charge in [-0.1, -0.05) is 19.1 Å². The van der Waals surface area contributed by atoms with Crippen LogP contribution in [0.3, 0.4) is 0 Å². The Morgan fingerprint density at radius 1 is 1.00 bits per heavy atom. The van der Waals surface area contributed by atoms with Crippen LogP contribution >= 0.6 is 0 Å². The normalized spacial score (nSPS) is 12.1. The number of hydrogen-bond donors (Lipinski definition) is 2. The summed E-state index contributed by atoms with van der Waals surface area (Å²) < 4.78 is 37.9. The van der Waals surface area contributed by atoms with Gasteiger partial charge in [-0.2, -0.15) is 13.2 Å². The molecule has 0 aliphatic heterocycles. The molecule has 1 heterocycles. The van der Waals surface area contributed by atoms with Gasteiger partial charge in [0.05, 0.1) is 11.1 Å². The zero-order chi connectivity index (χ0) is 22.6. The molecule has 0 spiro atoms. The number of fused-ring (bicyclic) bond motifs is 1. The van der Waals surface area contributed by atoms with Crippen molar-refractivity contribution in [2.24, 2.45) is 0 Å². The first-order valence-electron chi connectivity index (χ1n) is 10.2. The summed E-state index contributed by atoms with van der Waals surface area (Å²) in [4.78, 5) is 16.9. The van der Waals surface area contributed by atoms with Gasteiger partial charge in [-0.25, -0.2) is 4.98 Å². The summed E-state index contributed by atoms with van der Waals surface area (Å²) in [6.07, 6.45) is -2.86. The van der Waals surface area contributed by atoms with Gasteiger partial charge in [-0.05, 0) is 74.7 Å². The highest BCUT2D eigenvalue weighted by atomic mass is 19.4. The van der Waals surface area contributed by atoms with Crippen molar-refractivity contribution in [2.45, 2.75) is 51.7 Å². The van der Waals surface area contributed by atoms with Gasteiger partial charge < -0.3 is 10.6 Å². The van der Waals surface area contributed by atoms with Crippen molar-refractivity contribution in [3.63, 3.8) is 0 Å². The maximum atomic E-state index is 12.6. The monoisotopic (exact) mass is 429 g/mol. The predicted molar refractivity (Wildman–Crippen MR) is 118 cm³/mol. The van der Waals surface area contributed by atoms with Gasteiger partial charge in [0.1, 0.15) is 5.82 Å². The smallest absolute Gasteiger partial charge is 0.365 e. The molecule has 164 valence electrons. The standard InChI is InChI=1S/C24H26F3N3O/c1-4-23(2,3)30-21-13-8-17-15-19(11-12-20(17)29-21)28-22(31)14-7-16-5-9-18(10-6-16)24(25,26)27/h5-6,8-13,15H,4,7,14H2,1-3H3,(H,28,31)(H,29,30). The van der Waals surface area contributed by atoms with Crippen LogP contribution in [0.4, 0.5) is 24.7 Å². The second-order valence-electron chi connectivity index (χ2n) is 8.21. The van der Waals surface area contributed by atoms with Crippen molar-refractivity contribution in [1.29, 1.82) is 0 Å². The second-order valence-corrected chi connectivity index (χ2v) is 8.21. The lowest BCUT2D eigenvalue weighted by Gasteiger charge is -2.25. The number of nitrogens with zero attached hydrogens (tertiary/aromatic N) is 1. The Balaban J connectivity index is 1.60. The fraction of sp³-hybridized carbons (Fsp3) is 0.333. The number of rotatable bonds is 7. The number of benzene rings is 2. The van der Waals surface area contributed by atoms with E-state index < -0.39 is 11.7 Å². The van der Waals surface area contributed by atoms with E-state index in [2.05, 4.69) is 36.4 Å². The lowest BCUT2D eigenvalue weighted by molar-refractivity contribution is -0.137. The largest absolute Gasteiger partial charge is 0.416 e. The third-order valence-electron chi connectivity index (χ3n) is 5.25. The number of aryl methyl sites for hydroxylation is 1. The van der Waals surface area contributed by atoms with Crippen LogP contribution in [0.15, 0.2) is 54.6 Å². The van der Waals surface area contributed by atoms with Crippen molar-refractivity contribution >= 4 is 28.3 Å². The lowest BCUT2D eigenvalue weighted by atomic mass is 10.0. The van der Waals surface area contributed by atoms with Crippen LogP contribution in [0.5, 0.6) is 0 Å². The predicted octanol–water partition coefficient (Wildman–Crippen LogP) is 6.43. The van der Waals surface area contributed by atoms with Crippen LogP contribution in [0.2, 0.25) is 0 Å². The molecule has 0 fully saturated rings. The highest BCUT2D eigenvalue weighted by Crippen LogP contribution is 2.29. The first kappa shape index (κ1) is 22.6. The molecule has 2 N–H and O–H groups in total. The molecule has 3 rings (SSSR count). The Kier molecular flexibility index (Phi) is 6.53. The zero-order valence-electron chi connectivity index (χ0n) is 17.8. The topological polar surface area (TPSA) is 54.0 Å². The molecule has 0 radical (unpaired) electrons. The molecule has 0 unspecified atom stereocenters. The minimum atomic E-state index is -4.36. The maximum Gasteiger partial charge on any atom is 0.416 e. The van der Waals surface area contributed by atoms with Crippen molar-refractivity contribution in [1.82, 2.24) is 4.98 Å². The first-order chi connectivity index (χ1) is 14.6. The van der Waals surface area contributed by atoms with Crippen LogP contribution in [-0.4, -0.2) is 16.4 Å². The zero-order valence-corrected chi connectivity index (χ0v) is 17.8. The third-order valence-corrected chi connectivity index (χ3v) is 5.25. The Morgan fingerprint density at radius 2 is 1.71 bits per heavy atom. The molecule has 2 aromatic carbocycles. The molecular formula is C24H26F3N3O. The average molecular weight is 429 g/mol. The molecular weight excluding hydrogens is 403 g/mol. The molecule has 0 aliphatic rings. The molecule has 0 bridgehead atoms. The molecule has 3 aromatic rings. The van der Waals surface area contributed by atoms with E-state index >= 15 is 0 Å². The van der Waals surface area contributed by atoms with Crippen LogP contribution < -0.4 is 10.6 Å². The number of amides is 1. The van der Waals surface area contributed by atoms with Crippen LogP contribution in [0.1, 0.15) is 44.7 Å². The summed E-state index contributed by atoms with van der Waals surface area (Å²) >= 11 is 0. The summed E-state index contributed by atoms with van der Waals surface area (Å²) in [5.41, 5.74) is 1.41. The summed E-state index contributed by atoms with van der Waals surface area (Å²) in [5, 5.41) is 7.15. The number of carbonyl (C=O) groups is 1. The summed E-state index contributed by atoms with van der Waals surface area (Å²) in [5.74, 6) is 0.600. The molecule has 4 nitrogen and oxygen atoms in total.